The van der Waals surface area contributed by atoms with Gasteiger partial charge in [-0.3, -0.25) is 0 Å². The van der Waals surface area contributed by atoms with Crippen molar-refractivity contribution in [2.24, 2.45) is 0 Å². The predicted octanol–water partition coefficient (Wildman–Crippen LogP) is 3.92. The first-order valence-electron chi connectivity index (χ1n) is 6.84. The second-order valence-corrected chi connectivity index (χ2v) is 5.64. The minimum absolute atomic E-state index is 0.0681. The number of carboxylic acids is 1. The third-order valence-electron chi connectivity index (χ3n) is 3.29. The summed E-state index contributed by atoms with van der Waals surface area (Å²) in [4.78, 5) is 15.5. The highest BCUT2D eigenvalue weighted by molar-refractivity contribution is 5.97. The van der Waals surface area contributed by atoms with E-state index < -0.39 is 5.97 Å². The average Bonchev–Trinajstić information content (AvgIpc) is 2.37. The maximum atomic E-state index is 11.2. The van der Waals surface area contributed by atoms with Gasteiger partial charge in [0.1, 0.15) is 5.82 Å². The van der Waals surface area contributed by atoms with E-state index in [-0.39, 0.29) is 11.2 Å². The number of benzene rings is 1. The van der Waals surface area contributed by atoms with Gasteiger partial charge in [-0.25, -0.2) is 9.78 Å². The van der Waals surface area contributed by atoms with Gasteiger partial charge >= 0.3 is 5.97 Å². The fourth-order valence-electron chi connectivity index (χ4n) is 2.41. The van der Waals surface area contributed by atoms with Crippen LogP contribution in [0, 0.1) is 0 Å². The van der Waals surface area contributed by atoms with Crippen LogP contribution in [0.4, 0.5) is 5.82 Å². The number of carboxylic acid groups (broad SMARTS) is 1. The lowest BCUT2D eigenvalue weighted by Crippen LogP contribution is -2.31. The number of pyridine rings is 1. The highest BCUT2D eigenvalue weighted by Crippen LogP contribution is 2.26. The van der Waals surface area contributed by atoms with Gasteiger partial charge in [0.15, 0.2) is 5.69 Å². The van der Waals surface area contributed by atoms with Crippen molar-refractivity contribution in [1.29, 1.82) is 0 Å². The number of fused-ring (bicyclic) bond motifs is 1. The molecule has 0 spiro atoms. The number of anilines is 1. The van der Waals surface area contributed by atoms with E-state index in [2.05, 4.69) is 31.1 Å². The Labute approximate surface area is 118 Å². The molecule has 0 radical (unpaired) electrons. The van der Waals surface area contributed by atoms with Crippen LogP contribution >= 0.6 is 0 Å². The molecule has 0 bridgehead atoms. The van der Waals surface area contributed by atoms with Crippen molar-refractivity contribution < 1.29 is 9.90 Å². The third kappa shape index (κ3) is 3.07. The van der Waals surface area contributed by atoms with Crippen molar-refractivity contribution in [3.8, 4) is 0 Å². The minimum atomic E-state index is -1.01. The molecule has 0 fully saturated rings. The summed E-state index contributed by atoms with van der Waals surface area (Å²) in [6.07, 6.45) is 2.04. The number of carbonyl (C=O) groups is 1. The van der Waals surface area contributed by atoms with Crippen molar-refractivity contribution in [3.05, 3.63) is 36.0 Å². The molecule has 1 aromatic heterocycles. The summed E-state index contributed by atoms with van der Waals surface area (Å²) in [7, 11) is 0. The molecule has 1 heterocycles. The van der Waals surface area contributed by atoms with E-state index in [1.165, 1.54) is 0 Å². The Morgan fingerprint density at radius 1 is 1.35 bits per heavy atom. The fraction of sp³-hybridized carbons (Fsp3) is 0.375. The Balaban J connectivity index is 2.52. The van der Waals surface area contributed by atoms with Crippen LogP contribution in [0.2, 0.25) is 0 Å². The maximum absolute atomic E-state index is 11.2. The first kappa shape index (κ1) is 14.3. The lowest BCUT2D eigenvalue weighted by Gasteiger charge is -2.27. The first-order valence-corrected chi connectivity index (χ1v) is 6.84. The van der Waals surface area contributed by atoms with Crippen LogP contribution in [0.1, 0.15) is 44.1 Å². The van der Waals surface area contributed by atoms with E-state index >= 15 is 0 Å². The van der Waals surface area contributed by atoms with Crippen molar-refractivity contribution in [1.82, 2.24) is 4.98 Å². The molecule has 4 nitrogen and oxygen atoms in total. The van der Waals surface area contributed by atoms with Crippen LogP contribution in [0.15, 0.2) is 30.3 Å². The topological polar surface area (TPSA) is 62.2 Å². The average molecular weight is 272 g/mol. The zero-order valence-electron chi connectivity index (χ0n) is 12.1. The van der Waals surface area contributed by atoms with E-state index in [9.17, 15) is 9.90 Å². The molecule has 0 atom stereocenters. The van der Waals surface area contributed by atoms with Crippen molar-refractivity contribution in [3.63, 3.8) is 0 Å². The van der Waals surface area contributed by atoms with Crippen LogP contribution in [0.3, 0.4) is 0 Å². The van der Waals surface area contributed by atoms with E-state index in [4.69, 9.17) is 0 Å². The highest BCUT2D eigenvalue weighted by Gasteiger charge is 2.19. The summed E-state index contributed by atoms with van der Waals surface area (Å²) < 4.78 is 0. The van der Waals surface area contributed by atoms with Gasteiger partial charge in [0.2, 0.25) is 0 Å². The molecule has 0 amide bonds. The van der Waals surface area contributed by atoms with E-state index in [0.29, 0.717) is 5.82 Å². The van der Waals surface area contributed by atoms with Gasteiger partial charge in [-0.2, -0.15) is 0 Å². The van der Waals surface area contributed by atoms with Gasteiger partial charge in [-0.05, 0) is 31.7 Å². The number of nitrogens with one attached hydrogen (secondary N) is 1. The van der Waals surface area contributed by atoms with Gasteiger partial charge < -0.3 is 10.4 Å². The number of aromatic carboxylic acids is 1. The number of hydrogen-bond donors (Lipinski definition) is 2. The Kier molecular flexibility index (Phi) is 3.93. The third-order valence-corrected chi connectivity index (χ3v) is 3.29. The molecule has 0 saturated heterocycles. The zero-order valence-corrected chi connectivity index (χ0v) is 12.1. The summed E-state index contributed by atoms with van der Waals surface area (Å²) >= 11 is 0. The summed E-state index contributed by atoms with van der Waals surface area (Å²) in [5.41, 5.74) is -0.0553. The Morgan fingerprint density at radius 2 is 2.05 bits per heavy atom. The summed E-state index contributed by atoms with van der Waals surface area (Å²) in [6.45, 7) is 6.32. The van der Waals surface area contributed by atoms with Gasteiger partial charge in [0.05, 0.1) is 0 Å². The molecule has 0 aliphatic rings. The summed E-state index contributed by atoms with van der Waals surface area (Å²) in [5.74, 6) is -0.369. The summed E-state index contributed by atoms with van der Waals surface area (Å²) in [6, 6.07) is 9.30. The SMILES string of the molecule is CCCC(C)(C)Nc1nc(C(=O)O)cc2ccccc12. The zero-order chi connectivity index (χ0) is 14.8. The van der Waals surface area contributed by atoms with Crippen LogP contribution in [0.5, 0.6) is 0 Å². The Hall–Kier alpha value is -2.10. The molecule has 2 rings (SSSR count). The number of hydrogen-bond acceptors (Lipinski definition) is 3. The number of nitrogens with zero attached hydrogens (tertiary/aromatic N) is 1. The first-order chi connectivity index (χ1) is 9.43. The highest BCUT2D eigenvalue weighted by atomic mass is 16.4. The molecule has 1 aromatic carbocycles. The Morgan fingerprint density at radius 3 is 2.70 bits per heavy atom. The molecule has 4 heteroatoms. The van der Waals surface area contributed by atoms with Crippen LogP contribution < -0.4 is 5.32 Å². The lowest BCUT2D eigenvalue weighted by atomic mass is 9.98. The normalized spacial score (nSPS) is 11.6. The predicted molar refractivity (Wildman–Crippen MR) is 81.3 cm³/mol. The minimum Gasteiger partial charge on any atom is -0.477 e. The number of aromatic nitrogens is 1. The van der Waals surface area contributed by atoms with Gasteiger partial charge in [-0.15, -0.1) is 0 Å². The second-order valence-electron chi connectivity index (χ2n) is 5.64. The quantitative estimate of drug-likeness (QED) is 0.865. The second kappa shape index (κ2) is 5.49. The summed E-state index contributed by atoms with van der Waals surface area (Å²) in [5, 5.41) is 14.4. The fourth-order valence-corrected chi connectivity index (χ4v) is 2.41. The standard InChI is InChI=1S/C16H20N2O2/c1-4-9-16(2,3)18-14-12-8-6-5-7-11(12)10-13(17-14)15(19)20/h5-8,10H,4,9H2,1-3H3,(H,17,18)(H,19,20). The Bertz CT molecular complexity index is 635. The molecule has 20 heavy (non-hydrogen) atoms. The molecule has 0 aliphatic heterocycles. The molecule has 0 unspecified atom stereocenters. The van der Waals surface area contributed by atoms with E-state index in [1.54, 1.807) is 6.07 Å². The van der Waals surface area contributed by atoms with Crippen molar-refractivity contribution in [2.45, 2.75) is 39.2 Å². The molecule has 0 saturated carbocycles. The van der Waals surface area contributed by atoms with Crippen LogP contribution in [0.25, 0.3) is 10.8 Å². The molecular formula is C16H20N2O2. The lowest BCUT2D eigenvalue weighted by molar-refractivity contribution is 0.0691. The maximum Gasteiger partial charge on any atom is 0.354 e. The molecule has 106 valence electrons. The van der Waals surface area contributed by atoms with Crippen LogP contribution in [-0.4, -0.2) is 21.6 Å². The molecular weight excluding hydrogens is 252 g/mol. The van der Waals surface area contributed by atoms with Crippen molar-refractivity contribution >= 4 is 22.6 Å². The smallest absolute Gasteiger partial charge is 0.354 e. The largest absolute Gasteiger partial charge is 0.477 e. The molecule has 0 aliphatic carbocycles. The molecule has 2 aromatic rings. The van der Waals surface area contributed by atoms with E-state index in [1.807, 2.05) is 24.3 Å². The monoisotopic (exact) mass is 272 g/mol. The van der Waals surface area contributed by atoms with E-state index in [0.717, 1.165) is 23.6 Å². The van der Waals surface area contributed by atoms with Crippen LogP contribution in [-0.2, 0) is 0 Å². The van der Waals surface area contributed by atoms with Gasteiger partial charge in [0, 0.05) is 10.9 Å². The van der Waals surface area contributed by atoms with Gasteiger partial charge in [-0.1, -0.05) is 37.6 Å². The van der Waals surface area contributed by atoms with Gasteiger partial charge in [0.25, 0.3) is 0 Å². The van der Waals surface area contributed by atoms with Crippen molar-refractivity contribution in [2.75, 3.05) is 5.32 Å². The number of rotatable bonds is 5. The molecule has 2 N–H and O–H groups in total.